The largest absolute Gasteiger partial charge is 0.472 e. The van der Waals surface area contributed by atoms with E-state index in [0.717, 1.165) is 10.8 Å². The van der Waals surface area contributed by atoms with Crippen LogP contribution < -0.4 is 0 Å². The van der Waals surface area contributed by atoms with E-state index < -0.39 is 32.4 Å². The molecule has 12 heteroatoms. The van der Waals surface area contributed by atoms with Gasteiger partial charge in [0.1, 0.15) is 35.2 Å². The van der Waals surface area contributed by atoms with E-state index in [1.807, 2.05) is 6.92 Å². The van der Waals surface area contributed by atoms with E-state index in [4.69, 9.17) is 13.8 Å². The molecule has 5 atom stereocenters. The summed E-state index contributed by atoms with van der Waals surface area (Å²) in [5.41, 5.74) is 1.12. The molecule has 10 nitrogen and oxygen atoms in total. The Morgan fingerprint density at radius 1 is 1.46 bits per heavy atom. The molecule has 24 heavy (non-hydrogen) atoms. The number of aliphatic hydroxyl groups is 1. The van der Waals surface area contributed by atoms with Crippen LogP contribution in [0.3, 0.4) is 0 Å². The van der Waals surface area contributed by atoms with Gasteiger partial charge in [-0.05, 0) is 5.75 Å². The van der Waals surface area contributed by atoms with Crippen LogP contribution in [0.1, 0.15) is 13.2 Å². The topological polar surface area (TPSA) is 129 Å². The Bertz CT molecular complexity index is 818. The predicted molar refractivity (Wildman–Crippen MR) is 82.3 cm³/mol. The van der Waals surface area contributed by atoms with Gasteiger partial charge in [-0.25, -0.2) is 19.5 Å². The van der Waals surface area contributed by atoms with Crippen molar-refractivity contribution in [2.75, 3.05) is 12.4 Å². The molecule has 2 aliphatic rings. The van der Waals surface area contributed by atoms with Gasteiger partial charge < -0.3 is 14.7 Å². The minimum absolute atomic E-state index is 0.134. The summed E-state index contributed by atoms with van der Waals surface area (Å²) in [5, 5.41) is 11.2. The zero-order chi connectivity index (χ0) is 16.9. The van der Waals surface area contributed by atoms with Gasteiger partial charge in [-0.3, -0.25) is 13.6 Å². The van der Waals surface area contributed by atoms with E-state index in [1.165, 1.54) is 24.4 Å². The average Bonchev–Trinajstić information content (AvgIpc) is 3.10. The third-order valence-corrected chi connectivity index (χ3v) is 5.69. The lowest BCUT2D eigenvalue weighted by Crippen LogP contribution is -2.39. The molecule has 2 aromatic rings. The fourth-order valence-electron chi connectivity index (χ4n) is 2.82. The minimum Gasteiger partial charge on any atom is -0.386 e. The van der Waals surface area contributed by atoms with Crippen LogP contribution in [-0.2, 0) is 18.3 Å². The summed E-state index contributed by atoms with van der Waals surface area (Å²) >= 11 is 1.54. The molecule has 4 rings (SSSR count). The van der Waals surface area contributed by atoms with Gasteiger partial charge in [0.15, 0.2) is 11.9 Å². The Morgan fingerprint density at radius 2 is 2.29 bits per heavy atom. The van der Waals surface area contributed by atoms with Crippen molar-refractivity contribution in [3.05, 3.63) is 12.7 Å². The third-order valence-electron chi connectivity index (χ3n) is 3.85. The monoisotopic (exact) mass is 374 g/mol. The van der Waals surface area contributed by atoms with E-state index in [0.29, 0.717) is 11.2 Å². The molecule has 0 aromatic carbocycles. The first kappa shape index (κ1) is 16.4. The van der Waals surface area contributed by atoms with Gasteiger partial charge in [0, 0.05) is 0 Å². The summed E-state index contributed by atoms with van der Waals surface area (Å²) in [6.07, 6.45) is -0.681. The van der Waals surface area contributed by atoms with Gasteiger partial charge in [-0.1, -0.05) is 6.92 Å². The number of phosphoric ester groups is 1. The molecule has 2 fully saturated rings. The van der Waals surface area contributed by atoms with Crippen LogP contribution in [0.5, 0.6) is 0 Å². The van der Waals surface area contributed by atoms with Crippen LogP contribution in [0.25, 0.3) is 11.2 Å². The van der Waals surface area contributed by atoms with E-state index in [1.54, 1.807) is 4.57 Å². The number of hydrogen-bond donors (Lipinski definition) is 2. The van der Waals surface area contributed by atoms with E-state index in [9.17, 15) is 14.6 Å². The highest BCUT2D eigenvalue weighted by atomic mass is 32.2. The molecule has 0 saturated carbocycles. The van der Waals surface area contributed by atoms with Crippen LogP contribution in [0.2, 0.25) is 0 Å². The Morgan fingerprint density at radius 3 is 3.08 bits per heavy atom. The average molecular weight is 374 g/mol. The van der Waals surface area contributed by atoms with Crippen molar-refractivity contribution in [3.8, 4) is 0 Å². The summed E-state index contributed by atoms with van der Waals surface area (Å²) < 4.78 is 28.6. The first-order valence-electron chi connectivity index (χ1n) is 7.30. The van der Waals surface area contributed by atoms with Crippen LogP contribution in [0, 0.1) is 0 Å². The maximum atomic E-state index is 11.5. The molecule has 0 bridgehead atoms. The minimum atomic E-state index is -4.16. The second-order valence-electron chi connectivity index (χ2n) is 5.33. The Balaban J connectivity index is 1.69. The Kier molecular flexibility index (Phi) is 4.12. The van der Waals surface area contributed by atoms with Crippen LogP contribution in [0.4, 0.5) is 0 Å². The molecule has 130 valence electrons. The normalized spacial score (nSPS) is 36.1. The second kappa shape index (κ2) is 6.03. The fraction of sp³-hybridized carbons (Fsp3) is 0.583. The smallest absolute Gasteiger partial charge is 0.386 e. The number of thioether (sulfide) groups is 1. The SMILES string of the molecule is CCSc1ncnc2c1ncn2C1OC2COP(=O)(O)OC2C1O. The van der Waals surface area contributed by atoms with Crippen molar-refractivity contribution < 1.29 is 28.3 Å². The summed E-state index contributed by atoms with van der Waals surface area (Å²) in [4.78, 5) is 22.2. The lowest BCUT2D eigenvalue weighted by Gasteiger charge is -2.27. The summed E-state index contributed by atoms with van der Waals surface area (Å²) in [6, 6.07) is 0. The van der Waals surface area contributed by atoms with Gasteiger partial charge in [-0.15, -0.1) is 11.8 Å². The highest BCUT2D eigenvalue weighted by molar-refractivity contribution is 7.99. The van der Waals surface area contributed by atoms with Crippen LogP contribution in [-0.4, -0.2) is 60.2 Å². The van der Waals surface area contributed by atoms with Crippen molar-refractivity contribution in [3.63, 3.8) is 0 Å². The van der Waals surface area contributed by atoms with Gasteiger partial charge in [-0.2, -0.15) is 0 Å². The Labute approximate surface area is 140 Å². The number of fused-ring (bicyclic) bond motifs is 2. The first-order valence-corrected chi connectivity index (χ1v) is 9.78. The Hall–Kier alpha value is -1.07. The quantitative estimate of drug-likeness (QED) is 0.450. The van der Waals surface area contributed by atoms with E-state index in [-0.39, 0.29) is 6.61 Å². The van der Waals surface area contributed by atoms with E-state index in [2.05, 4.69) is 15.0 Å². The number of hydrogen-bond acceptors (Lipinski definition) is 9. The zero-order valence-electron chi connectivity index (χ0n) is 12.6. The van der Waals surface area contributed by atoms with Crippen molar-refractivity contribution in [1.29, 1.82) is 0 Å². The standard InChI is InChI=1S/C12H15N4O6PS/c1-2-24-11-7-10(13-4-14-11)16(5-15-7)12-8(17)9-6(21-12)3-20-23(18,19)22-9/h4-6,8-9,12,17H,2-3H2,1H3,(H,18,19). The molecule has 2 aromatic heterocycles. The summed E-state index contributed by atoms with van der Waals surface area (Å²) in [5.74, 6) is 0.836. The number of aromatic nitrogens is 4. The third kappa shape index (κ3) is 2.66. The number of ether oxygens (including phenoxy) is 1. The number of rotatable bonds is 3. The van der Waals surface area contributed by atoms with Gasteiger partial charge in [0.2, 0.25) is 0 Å². The predicted octanol–water partition coefficient (Wildman–Crippen LogP) is 0.712. The summed E-state index contributed by atoms with van der Waals surface area (Å²) in [6.45, 7) is 1.87. The molecule has 0 aliphatic carbocycles. The van der Waals surface area contributed by atoms with Crippen LogP contribution in [0.15, 0.2) is 17.7 Å². The number of imidazole rings is 1. The number of aliphatic hydroxyl groups excluding tert-OH is 1. The summed E-state index contributed by atoms with van der Waals surface area (Å²) in [7, 11) is -4.16. The maximum absolute atomic E-state index is 11.5. The maximum Gasteiger partial charge on any atom is 0.472 e. The van der Waals surface area contributed by atoms with Gasteiger partial charge in [0.05, 0.1) is 12.9 Å². The lowest BCUT2D eigenvalue weighted by atomic mass is 10.1. The number of nitrogens with zero attached hydrogens (tertiary/aromatic N) is 4. The molecular formula is C12H15N4O6PS. The zero-order valence-corrected chi connectivity index (χ0v) is 14.3. The highest BCUT2D eigenvalue weighted by Crippen LogP contribution is 2.52. The van der Waals surface area contributed by atoms with Gasteiger partial charge >= 0.3 is 7.82 Å². The molecule has 0 radical (unpaired) electrons. The lowest BCUT2D eigenvalue weighted by molar-refractivity contribution is -0.0664. The fourth-order valence-corrected chi connectivity index (χ4v) is 4.46. The molecule has 5 unspecified atom stereocenters. The van der Waals surface area contributed by atoms with E-state index >= 15 is 0 Å². The molecular weight excluding hydrogens is 359 g/mol. The van der Waals surface area contributed by atoms with Gasteiger partial charge in [0.25, 0.3) is 0 Å². The molecule has 0 spiro atoms. The van der Waals surface area contributed by atoms with Crippen LogP contribution >= 0.6 is 19.6 Å². The van der Waals surface area contributed by atoms with Crippen molar-refractivity contribution in [2.45, 2.75) is 36.5 Å². The molecule has 2 N–H and O–H groups in total. The molecule has 4 heterocycles. The first-order chi connectivity index (χ1) is 11.5. The van der Waals surface area contributed by atoms with Crippen molar-refractivity contribution in [2.24, 2.45) is 0 Å². The van der Waals surface area contributed by atoms with Crippen molar-refractivity contribution >= 4 is 30.7 Å². The second-order valence-corrected chi connectivity index (χ2v) is 7.98. The van der Waals surface area contributed by atoms with Crippen molar-refractivity contribution in [1.82, 2.24) is 19.5 Å². The molecule has 2 saturated heterocycles. The molecule has 0 amide bonds. The number of phosphoric acid groups is 1. The molecule has 2 aliphatic heterocycles. The highest BCUT2D eigenvalue weighted by Gasteiger charge is 2.52.